The van der Waals surface area contributed by atoms with Gasteiger partial charge in [-0.05, 0) is 85.3 Å². The third kappa shape index (κ3) is 6.12. The van der Waals surface area contributed by atoms with Crippen molar-refractivity contribution in [1.82, 2.24) is 0 Å². The van der Waals surface area contributed by atoms with Crippen molar-refractivity contribution in [2.75, 3.05) is 18.2 Å². The molecule has 0 aliphatic rings. The van der Waals surface area contributed by atoms with Crippen LogP contribution >= 0.6 is 23.5 Å². The van der Waals surface area contributed by atoms with Gasteiger partial charge in [0.1, 0.15) is 0 Å². The number of thioether (sulfide) groups is 2. The molecule has 0 spiro atoms. The second-order valence-electron chi connectivity index (χ2n) is 7.75. The summed E-state index contributed by atoms with van der Waals surface area (Å²) < 4.78 is 0. The smallest absolute Gasteiger partial charge is 0.278 e. The molecular weight excluding hydrogens is 484 g/mol. The van der Waals surface area contributed by atoms with Crippen molar-refractivity contribution in [2.24, 2.45) is 0 Å². The van der Waals surface area contributed by atoms with E-state index in [1.54, 1.807) is 47.8 Å². The van der Waals surface area contributed by atoms with Crippen LogP contribution in [0.25, 0.3) is 11.1 Å². The summed E-state index contributed by atoms with van der Waals surface area (Å²) in [7, 11) is 0. The monoisotopic (exact) mass is 506 g/mol. The zero-order valence-corrected chi connectivity index (χ0v) is 21.4. The molecule has 2 N–H and O–H groups in total. The van der Waals surface area contributed by atoms with Gasteiger partial charge in [0.15, 0.2) is 0 Å². The average Bonchev–Trinajstić information content (AvgIpc) is 2.91. The van der Waals surface area contributed by atoms with E-state index in [2.05, 4.69) is 23.7 Å². The molecule has 0 saturated carbocycles. The fraction of sp³-hybridized carbons (Fsp3) is 0.0667. The molecule has 0 atom stereocenters. The van der Waals surface area contributed by atoms with Crippen molar-refractivity contribution >= 4 is 34.9 Å². The summed E-state index contributed by atoms with van der Waals surface area (Å²) in [6.45, 7) is 0. The van der Waals surface area contributed by atoms with Crippen LogP contribution in [0.5, 0.6) is 0 Å². The van der Waals surface area contributed by atoms with Crippen LogP contribution in [0, 0.1) is 33.8 Å². The van der Waals surface area contributed by atoms with Crippen LogP contribution in [0.4, 0.5) is 11.4 Å². The molecule has 0 heterocycles. The van der Waals surface area contributed by atoms with Crippen LogP contribution < -0.4 is 5.73 Å². The van der Waals surface area contributed by atoms with Crippen LogP contribution in [-0.2, 0) is 0 Å². The van der Waals surface area contributed by atoms with Gasteiger partial charge in [-0.1, -0.05) is 29.7 Å². The summed E-state index contributed by atoms with van der Waals surface area (Å²) in [5, 5.41) is 11.9. The molecule has 0 aromatic heterocycles. The van der Waals surface area contributed by atoms with Crippen molar-refractivity contribution in [2.45, 2.75) is 9.79 Å². The van der Waals surface area contributed by atoms with Gasteiger partial charge in [0.2, 0.25) is 0 Å². The van der Waals surface area contributed by atoms with Gasteiger partial charge < -0.3 is 5.73 Å². The number of nitrogen functional groups attached to an aromatic ring is 1. The minimum Gasteiger partial charge on any atom is -0.398 e. The largest absolute Gasteiger partial charge is 0.398 e. The lowest BCUT2D eigenvalue weighted by molar-refractivity contribution is -0.384. The lowest BCUT2D eigenvalue weighted by Crippen LogP contribution is -1.97. The Bertz CT molecular complexity index is 1540. The Morgan fingerprint density at radius 2 is 1.06 bits per heavy atom. The number of hydrogen-bond acceptors (Lipinski definition) is 5. The molecule has 176 valence electrons. The molecule has 4 nitrogen and oxygen atoms in total. The molecule has 0 saturated heterocycles. The number of nitro groups is 1. The third-order valence-corrected chi connectivity index (χ3v) is 6.91. The Balaban J connectivity index is 1.61. The molecule has 0 bridgehead atoms. The van der Waals surface area contributed by atoms with Crippen molar-refractivity contribution in [3.63, 3.8) is 0 Å². The fourth-order valence-electron chi connectivity index (χ4n) is 3.51. The van der Waals surface area contributed by atoms with E-state index in [1.165, 1.54) is 11.0 Å². The number of hydrogen-bond donors (Lipinski definition) is 1. The second-order valence-corrected chi connectivity index (χ2v) is 9.51. The molecular formula is C30H22N2O2S2. The quantitative estimate of drug-likeness (QED) is 0.105. The highest BCUT2D eigenvalue weighted by Gasteiger charge is 2.18. The maximum absolute atomic E-state index is 11.9. The highest BCUT2D eigenvalue weighted by atomic mass is 32.2. The lowest BCUT2D eigenvalue weighted by Gasteiger charge is -2.08. The van der Waals surface area contributed by atoms with E-state index in [-0.39, 0.29) is 5.69 Å². The van der Waals surface area contributed by atoms with Crippen molar-refractivity contribution in [3.8, 4) is 34.8 Å². The van der Waals surface area contributed by atoms with Crippen molar-refractivity contribution in [1.29, 1.82) is 0 Å². The molecule has 0 aliphatic heterocycles. The summed E-state index contributed by atoms with van der Waals surface area (Å²) in [5.41, 5.74) is 10.8. The molecule has 4 aromatic carbocycles. The molecule has 4 rings (SSSR count). The summed E-state index contributed by atoms with van der Waals surface area (Å²) in [5.74, 6) is 12.3. The van der Waals surface area contributed by atoms with E-state index in [1.807, 2.05) is 67.1 Å². The summed E-state index contributed by atoms with van der Waals surface area (Å²) >= 11 is 3.34. The first-order chi connectivity index (χ1) is 17.5. The number of rotatable bonds is 4. The van der Waals surface area contributed by atoms with Crippen LogP contribution in [-0.4, -0.2) is 17.4 Å². The van der Waals surface area contributed by atoms with Crippen LogP contribution in [0.1, 0.15) is 22.3 Å². The van der Waals surface area contributed by atoms with Crippen molar-refractivity contribution < 1.29 is 4.92 Å². The Labute approximate surface area is 219 Å². The molecule has 0 amide bonds. The van der Waals surface area contributed by atoms with Gasteiger partial charge in [-0.2, -0.15) is 0 Å². The average molecular weight is 507 g/mol. The first kappa shape index (κ1) is 25.0. The Morgan fingerprint density at radius 3 is 1.50 bits per heavy atom. The Hall–Kier alpha value is -4.10. The van der Waals surface area contributed by atoms with Gasteiger partial charge in [0.25, 0.3) is 5.69 Å². The number of anilines is 1. The molecule has 0 radical (unpaired) electrons. The Kier molecular flexibility index (Phi) is 8.02. The van der Waals surface area contributed by atoms with Gasteiger partial charge in [0.05, 0.1) is 10.5 Å². The van der Waals surface area contributed by atoms with E-state index in [9.17, 15) is 10.1 Å². The maximum Gasteiger partial charge on any atom is 0.278 e. The normalized spacial score (nSPS) is 10.1. The van der Waals surface area contributed by atoms with Crippen molar-refractivity contribution in [3.05, 3.63) is 117 Å². The lowest BCUT2D eigenvalue weighted by atomic mass is 9.98. The minimum absolute atomic E-state index is 0.0426. The summed E-state index contributed by atoms with van der Waals surface area (Å²) in [4.78, 5) is 13.8. The number of benzene rings is 4. The SMILES string of the molecule is CSc1ccc(C#Cc2ccc(-c3ccc(C#Cc4ccc(SC)cc4)cc3[N+](=O)[O-])c(N)c2)cc1. The van der Waals surface area contributed by atoms with Crippen LogP contribution in [0.15, 0.2) is 94.7 Å². The van der Waals surface area contributed by atoms with Gasteiger partial charge in [-0.3, -0.25) is 10.1 Å². The second kappa shape index (κ2) is 11.6. The van der Waals surface area contributed by atoms with Gasteiger partial charge in [0, 0.05) is 49.4 Å². The predicted octanol–water partition coefficient (Wildman–Crippen LogP) is 7.09. The fourth-order valence-corrected chi connectivity index (χ4v) is 4.33. The number of nitro benzene ring substituents is 1. The van der Waals surface area contributed by atoms with Gasteiger partial charge in [-0.15, -0.1) is 23.5 Å². The summed E-state index contributed by atoms with van der Waals surface area (Å²) in [6.07, 6.45) is 4.04. The van der Waals surface area contributed by atoms with Gasteiger partial charge >= 0.3 is 0 Å². The molecule has 4 aromatic rings. The van der Waals surface area contributed by atoms with E-state index in [0.29, 0.717) is 22.4 Å². The maximum atomic E-state index is 11.9. The van der Waals surface area contributed by atoms with Crippen LogP contribution in [0.3, 0.4) is 0 Å². The number of nitrogens with two attached hydrogens (primary N) is 1. The third-order valence-electron chi connectivity index (χ3n) is 5.42. The molecule has 36 heavy (non-hydrogen) atoms. The van der Waals surface area contributed by atoms with E-state index in [0.717, 1.165) is 21.6 Å². The molecule has 6 heteroatoms. The Morgan fingerprint density at radius 1 is 0.639 bits per heavy atom. The van der Waals surface area contributed by atoms with E-state index < -0.39 is 4.92 Å². The molecule has 0 unspecified atom stereocenters. The zero-order valence-electron chi connectivity index (χ0n) is 19.7. The van der Waals surface area contributed by atoms with Gasteiger partial charge in [-0.25, -0.2) is 0 Å². The topological polar surface area (TPSA) is 69.2 Å². The van der Waals surface area contributed by atoms with E-state index in [4.69, 9.17) is 5.73 Å². The molecule has 0 aliphatic carbocycles. The first-order valence-electron chi connectivity index (χ1n) is 11.0. The zero-order chi connectivity index (χ0) is 25.5. The summed E-state index contributed by atoms with van der Waals surface area (Å²) in [6, 6.07) is 26.2. The highest BCUT2D eigenvalue weighted by Crippen LogP contribution is 2.34. The predicted molar refractivity (Wildman–Crippen MR) is 151 cm³/mol. The van der Waals surface area contributed by atoms with E-state index >= 15 is 0 Å². The number of nitrogens with zero attached hydrogens (tertiary/aromatic N) is 1. The highest BCUT2D eigenvalue weighted by molar-refractivity contribution is 7.98. The first-order valence-corrected chi connectivity index (χ1v) is 13.4. The standard InChI is InChI=1S/C30H22N2O2S2/c1-35-25-13-7-21(8-14-25)3-5-23-11-17-27(29(31)19-23)28-18-12-24(20-30(28)32(33)34)6-4-22-9-15-26(36-2)16-10-22/h7-20H,31H2,1-2H3. The minimum atomic E-state index is -0.404. The van der Waals surface area contributed by atoms with Crippen LogP contribution in [0.2, 0.25) is 0 Å². The molecule has 0 fully saturated rings.